The average Bonchev–Trinajstić information content (AvgIpc) is 2.18. The van der Waals surface area contributed by atoms with Crippen molar-refractivity contribution in [2.45, 2.75) is 26.4 Å². The van der Waals surface area contributed by atoms with Crippen molar-refractivity contribution in [2.24, 2.45) is 0 Å². The zero-order valence-electron chi connectivity index (χ0n) is 7.75. The van der Waals surface area contributed by atoms with Crippen LogP contribution in [-0.2, 0) is 13.0 Å². The van der Waals surface area contributed by atoms with Gasteiger partial charge in [-0.1, -0.05) is 25.5 Å². The summed E-state index contributed by atoms with van der Waals surface area (Å²) in [5.74, 6) is 0. The fraction of sp³-hybridized carbons (Fsp3) is 0.364. The Balaban J connectivity index is 3.04. The Bertz CT molecular complexity index is 325. The molecule has 1 aromatic rings. The molecule has 0 amide bonds. The van der Waals surface area contributed by atoms with Crippen LogP contribution in [0.5, 0.6) is 0 Å². The number of benzene rings is 1. The van der Waals surface area contributed by atoms with Crippen molar-refractivity contribution in [3.8, 4) is 6.07 Å². The molecule has 0 atom stereocenters. The summed E-state index contributed by atoms with van der Waals surface area (Å²) >= 11 is 0. The molecule has 0 aliphatic rings. The number of hydrogen-bond donors (Lipinski definition) is 1. The Morgan fingerprint density at radius 1 is 1.46 bits per heavy atom. The van der Waals surface area contributed by atoms with Gasteiger partial charge in [0.25, 0.3) is 0 Å². The summed E-state index contributed by atoms with van der Waals surface area (Å²) in [6.45, 7) is 2.12. The molecule has 1 N–H and O–H groups in total. The first-order chi connectivity index (χ1) is 6.31. The summed E-state index contributed by atoms with van der Waals surface area (Å²) in [7, 11) is 0. The van der Waals surface area contributed by atoms with Crippen molar-refractivity contribution in [2.75, 3.05) is 0 Å². The van der Waals surface area contributed by atoms with Crippen LogP contribution in [0.2, 0.25) is 0 Å². The molecule has 0 aliphatic carbocycles. The van der Waals surface area contributed by atoms with Crippen molar-refractivity contribution in [3.63, 3.8) is 0 Å². The van der Waals surface area contributed by atoms with E-state index in [0.29, 0.717) is 0 Å². The second-order valence-corrected chi connectivity index (χ2v) is 3.01. The van der Waals surface area contributed by atoms with E-state index in [0.717, 1.165) is 29.5 Å². The second-order valence-electron chi connectivity index (χ2n) is 3.01. The highest BCUT2D eigenvalue weighted by Gasteiger charge is 2.01. The lowest BCUT2D eigenvalue weighted by Crippen LogP contribution is -1.92. The number of rotatable bonds is 3. The van der Waals surface area contributed by atoms with Crippen LogP contribution in [0.3, 0.4) is 0 Å². The highest BCUT2D eigenvalue weighted by atomic mass is 16.3. The summed E-state index contributed by atoms with van der Waals surface area (Å²) in [5.41, 5.74) is 2.64. The second kappa shape index (κ2) is 4.64. The lowest BCUT2D eigenvalue weighted by molar-refractivity contribution is 0.281. The number of hydrogen-bond acceptors (Lipinski definition) is 2. The Labute approximate surface area is 78.4 Å². The minimum absolute atomic E-state index is 0.0441. The molecule has 0 bridgehead atoms. The van der Waals surface area contributed by atoms with Crippen LogP contribution in [0.25, 0.3) is 0 Å². The monoisotopic (exact) mass is 175 g/mol. The molecule has 0 spiro atoms. The van der Waals surface area contributed by atoms with Crippen LogP contribution < -0.4 is 0 Å². The SMILES string of the molecule is CCCc1cc(CO)ccc1C#N. The largest absolute Gasteiger partial charge is 0.392 e. The third kappa shape index (κ3) is 2.30. The van der Waals surface area contributed by atoms with E-state index in [1.165, 1.54) is 0 Å². The van der Waals surface area contributed by atoms with Crippen LogP contribution in [0.15, 0.2) is 18.2 Å². The number of aliphatic hydroxyl groups is 1. The van der Waals surface area contributed by atoms with Gasteiger partial charge in [-0.2, -0.15) is 5.26 Å². The van der Waals surface area contributed by atoms with E-state index in [4.69, 9.17) is 10.4 Å². The molecule has 0 radical (unpaired) electrons. The maximum Gasteiger partial charge on any atom is 0.0994 e. The fourth-order valence-corrected chi connectivity index (χ4v) is 1.33. The standard InChI is InChI=1S/C11H13NO/c1-2-3-10-6-9(8-13)4-5-11(10)7-12/h4-6,13H,2-3,8H2,1H3. The topological polar surface area (TPSA) is 44.0 Å². The first-order valence-corrected chi connectivity index (χ1v) is 4.44. The van der Waals surface area contributed by atoms with Gasteiger partial charge >= 0.3 is 0 Å². The first kappa shape index (κ1) is 9.76. The normalized spacial score (nSPS) is 9.62. The predicted octanol–water partition coefficient (Wildman–Crippen LogP) is 2.00. The van der Waals surface area contributed by atoms with Gasteiger partial charge in [-0.15, -0.1) is 0 Å². The molecule has 0 aliphatic heterocycles. The maximum absolute atomic E-state index is 8.91. The Kier molecular flexibility index (Phi) is 3.48. The van der Waals surface area contributed by atoms with Gasteiger partial charge < -0.3 is 5.11 Å². The van der Waals surface area contributed by atoms with Crippen molar-refractivity contribution >= 4 is 0 Å². The molecule has 0 heterocycles. The highest BCUT2D eigenvalue weighted by molar-refractivity contribution is 5.40. The zero-order valence-corrected chi connectivity index (χ0v) is 7.75. The average molecular weight is 175 g/mol. The van der Waals surface area contributed by atoms with Crippen molar-refractivity contribution < 1.29 is 5.11 Å². The molecule has 2 nitrogen and oxygen atoms in total. The highest BCUT2D eigenvalue weighted by Crippen LogP contribution is 2.13. The van der Waals surface area contributed by atoms with E-state index in [2.05, 4.69) is 13.0 Å². The maximum atomic E-state index is 8.91. The molecule has 0 saturated heterocycles. The van der Waals surface area contributed by atoms with Gasteiger partial charge in [-0.3, -0.25) is 0 Å². The van der Waals surface area contributed by atoms with E-state index in [-0.39, 0.29) is 6.61 Å². The number of nitriles is 1. The molecule has 0 fully saturated rings. The van der Waals surface area contributed by atoms with E-state index in [1.807, 2.05) is 6.07 Å². The van der Waals surface area contributed by atoms with Crippen LogP contribution >= 0.6 is 0 Å². The van der Waals surface area contributed by atoms with E-state index >= 15 is 0 Å². The molecular formula is C11H13NO. The minimum atomic E-state index is 0.0441. The summed E-state index contributed by atoms with van der Waals surface area (Å²) < 4.78 is 0. The third-order valence-electron chi connectivity index (χ3n) is 1.99. The summed E-state index contributed by atoms with van der Waals surface area (Å²) in [6.07, 6.45) is 1.92. The summed E-state index contributed by atoms with van der Waals surface area (Å²) in [5, 5.41) is 17.7. The minimum Gasteiger partial charge on any atom is -0.392 e. The number of nitrogens with zero attached hydrogens (tertiary/aromatic N) is 1. The predicted molar refractivity (Wildman–Crippen MR) is 51.1 cm³/mol. The Morgan fingerprint density at radius 2 is 2.23 bits per heavy atom. The van der Waals surface area contributed by atoms with Crippen LogP contribution in [0.1, 0.15) is 30.0 Å². The zero-order chi connectivity index (χ0) is 9.68. The van der Waals surface area contributed by atoms with Crippen LogP contribution in [0, 0.1) is 11.3 Å². The molecular weight excluding hydrogens is 162 g/mol. The van der Waals surface area contributed by atoms with Crippen molar-refractivity contribution in [3.05, 3.63) is 34.9 Å². The Morgan fingerprint density at radius 3 is 2.77 bits per heavy atom. The van der Waals surface area contributed by atoms with Crippen molar-refractivity contribution in [1.29, 1.82) is 5.26 Å². The van der Waals surface area contributed by atoms with Crippen LogP contribution in [0.4, 0.5) is 0 Å². The quantitative estimate of drug-likeness (QED) is 0.763. The van der Waals surface area contributed by atoms with Gasteiger partial charge in [-0.25, -0.2) is 0 Å². The van der Waals surface area contributed by atoms with E-state index in [9.17, 15) is 0 Å². The van der Waals surface area contributed by atoms with Gasteiger partial charge in [0.15, 0.2) is 0 Å². The lowest BCUT2D eigenvalue weighted by Gasteiger charge is -2.03. The van der Waals surface area contributed by atoms with Gasteiger partial charge in [0.05, 0.1) is 18.2 Å². The smallest absolute Gasteiger partial charge is 0.0994 e. The van der Waals surface area contributed by atoms with Crippen LogP contribution in [-0.4, -0.2) is 5.11 Å². The van der Waals surface area contributed by atoms with Gasteiger partial charge in [-0.05, 0) is 23.6 Å². The number of aryl methyl sites for hydroxylation is 1. The van der Waals surface area contributed by atoms with Gasteiger partial charge in [0.1, 0.15) is 0 Å². The third-order valence-corrected chi connectivity index (χ3v) is 1.99. The first-order valence-electron chi connectivity index (χ1n) is 4.44. The fourth-order valence-electron chi connectivity index (χ4n) is 1.33. The van der Waals surface area contributed by atoms with E-state index < -0.39 is 0 Å². The molecule has 0 unspecified atom stereocenters. The summed E-state index contributed by atoms with van der Waals surface area (Å²) in [4.78, 5) is 0. The molecule has 1 rings (SSSR count). The van der Waals surface area contributed by atoms with E-state index in [1.54, 1.807) is 12.1 Å². The molecule has 0 aromatic heterocycles. The molecule has 1 aromatic carbocycles. The van der Waals surface area contributed by atoms with Gasteiger partial charge in [0.2, 0.25) is 0 Å². The van der Waals surface area contributed by atoms with Crippen molar-refractivity contribution in [1.82, 2.24) is 0 Å². The Hall–Kier alpha value is -1.33. The molecule has 13 heavy (non-hydrogen) atoms. The molecule has 2 heteroatoms. The van der Waals surface area contributed by atoms with Gasteiger partial charge in [0, 0.05) is 0 Å². The summed E-state index contributed by atoms with van der Waals surface area (Å²) in [6, 6.07) is 7.62. The molecule has 68 valence electrons. The molecule has 0 saturated carbocycles. The number of aliphatic hydroxyl groups excluding tert-OH is 1. The lowest BCUT2D eigenvalue weighted by atomic mass is 10.0.